The van der Waals surface area contributed by atoms with Crippen LogP contribution >= 0.6 is 11.6 Å². The molecule has 4 rings (SSSR count). The average molecular weight is 430 g/mol. The summed E-state index contributed by atoms with van der Waals surface area (Å²) in [6.45, 7) is 5.80. The van der Waals surface area contributed by atoms with Crippen LogP contribution in [0.5, 0.6) is 11.5 Å². The fraction of sp³-hybridized carbons (Fsp3) is 0.435. The maximum Gasteiger partial charge on any atom is 0.226 e. The third kappa shape index (κ3) is 4.99. The van der Waals surface area contributed by atoms with E-state index in [1.807, 2.05) is 36.4 Å². The second-order valence-corrected chi connectivity index (χ2v) is 8.22. The summed E-state index contributed by atoms with van der Waals surface area (Å²) in [4.78, 5) is 17.4. The number of amides is 1. The van der Waals surface area contributed by atoms with Gasteiger partial charge in [-0.2, -0.15) is 0 Å². The molecule has 1 atom stereocenters. The van der Waals surface area contributed by atoms with E-state index in [1.165, 1.54) is 5.69 Å². The van der Waals surface area contributed by atoms with Gasteiger partial charge in [-0.05, 0) is 48.4 Å². The second-order valence-electron chi connectivity index (χ2n) is 7.79. The number of carbonyl (C=O) groups excluding carboxylic acids is 1. The Morgan fingerprint density at radius 1 is 1.20 bits per heavy atom. The molecule has 0 radical (unpaired) electrons. The van der Waals surface area contributed by atoms with Crippen molar-refractivity contribution in [1.82, 2.24) is 10.2 Å². The van der Waals surface area contributed by atoms with Gasteiger partial charge >= 0.3 is 0 Å². The minimum Gasteiger partial charge on any atom is -0.497 e. The molecule has 0 unspecified atom stereocenters. The summed E-state index contributed by atoms with van der Waals surface area (Å²) in [6, 6.07) is 13.7. The Kier molecular flexibility index (Phi) is 6.65. The molecule has 2 aromatic rings. The number of carbonyl (C=O) groups is 1. The molecule has 1 N–H and O–H groups in total. The van der Waals surface area contributed by atoms with E-state index in [-0.39, 0.29) is 11.8 Å². The number of ether oxygens (including phenoxy) is 2. The third-order valence-electron chi connectivity index (χ3n) is 5.82. The van der Waals surface area contributed by atoms with E-state index in [4.69, 9.17) is 21.1 Å². The summed E-state index contributed by atoms with van der Waals surface area (Å²) < 4.78 is 11.1. The van der Waals surface area contributed by atoms with Crippen LogP contribution in [0.15, 0.2) is 42.5 Å². The van der Waals surface area contributed by atoms with Crippen molar-refractivity contribution < 1.29 is 14.3 Å². The number of nitrogens with one attached hydrogen (secondary N) is 1. The molecule has 0 aliphatic carbocycles. The van der Waals surface area contributed by atoms with Crippen molar-refractivity contribution in [3.05, 3.63) is 53.1 Å². The van der Waals surface area contributed by atoms with Crippen LogP contribution in [0.3, 0.4) is 0 Å². The van der Waals surface area contributed by atoms with E-state index in [1.54, 1.807) is 7.11 Å². The molecule has 30 heavy (non-hydrogen) atoms. The lowest BCUT2D eigenvalue weighted by Crippen LogP contribution is -2.49. The fourth-order valence-corrected chi connectivity index (χ4v) is 4.23. The molecule has 2 aromatic carbocycles. The van der Waals surface area contributed by atoms with Gasteiger partial charge in [-0.3, -0.25) is 9.69 Å². The molecule has 7 heteroatoms. The van der Waals surface area contributed by atoms with Crippen LogP contribution in [0, 0.1) is 5.92 Å². The molecule has 2 aliphatic rings. The quantitative estimate of drug-likeness (QED) is 0.765. The lowest BCUT2D eigenvalue weighted by atomic mass is 9.96. The number of anilines is 1. The first-order valence-corrected chi connectivity index (χ1v) is 10.8. The van der Waals surface area contributed by atoms with Crippen molar-refractivity contribution in [3.63, 3.8) is 0 Å². The normalized spacial score (nSPS) is 19.0. The molecule has 1 fully saturated rings. The first-order chi connectivity index (χ1) is 14.6. The minimum atomic E-state index is -0.163. The van der Waals surface area contributed by atoms with Crippen molar-refractivity contribution in [2.75, 3.05) is 57.9 Å². The maximum atomic E-state index is 12.6. The van der Waals surface area contributed by atoms with E-state index >= 15 is 0 Å². The van der Waals surface area contributed by atoms with Gasteiger partial charge in [0, 0.05) is 50.0 Å². The Labute approximate surface area is 182 Å². The van der Waals surface area contributed by atoms with Crippen molar-refractivity contribution >= 4 is 23.2 Å². The molecule has 1 amide bonds. The molecule has 0 bridgehead atoms. The van der Waals surface area contributed by atoms with Crippen LogP contribution in [-0.4, -0.2) is 63.8 Å². The number of hydrogen-bond donors (Lipinski definition) is 1. The van der Waals surface area contributed by atoms with E-state index in [0.717, 1.165) is 54.8 Å². The Morgan fingerprint density at radius 3 is 2.80 bits per heavy atom. The minimum absolute atomic E-state index is 0.0565. The molecule has 2 heterocycles. The van der Waals surface area contributed by atoms with Crippen LogP contribution in [-0.2, 0) is 11.2 Å². The third-order valence-corrected chi connectivity index (χ3v) is 6.05. The summed E-state index contributed by atoms with van der Waals surface area (Å²) in [7, 11) is 1.64. The van der Waals surface area contributed by atoms with E-state index in [2.05, 4.69) is 21.2 Å². The van der Waals surface area contributed by atoms with Gasteiger partial charge in [0.2, 0.25) is 5.91 Å². The highest BCUT2D eigenvalue weighted by Crippen LogP contribution is 2.30. The van der Waals surface area contributed by atoms with Crippen molar-refractivity contribution in [1.29, 1.82) is 0 Å². The lowest BCUT2D eigenvalue weighted by Gasteiger charge is -2.36. The molecular weight excluding hydrogens is 402 g/mol. The topological polar surface area (TPSA) is 54.0 Å². The smallest absolute Gasteiger partial charge is 0.226 e. The Morgan fingerprint density at radius 2 is 2.03 bits per heavy atom. The standard InChI is InChI=1S/C23H28ClN3O3/c1-29-21-5-6-22-17(14-21)13-18(16-30-22)23(28)25-7-8-26-9-11-27(12-10-26)20-4-2-3-19(24)15-20/h2-6,14-15,18H,7-13,16H2,1H3,(H,25,28)/t18-/m0/s1. The van der Waals surface area contributed by atoms with Gasteiger partial charge in [0.15, 0.2) is 0 Å². The highest BCUT2D eigenvalue weighted by molar-refractivity contribution is 6.30. The summed E-state index contributed by atoms with van der Waals surface area (Å²) in [6.07, 6.45) is 0.677. The predicted molar refractivity (Wildman–Crippen MR) is 119 cm³/mol. The van der Waals surface area contributed by atoms with Gasteiger partial charge in [-0.1, -0.05) is 17.7 Å². The zero-order chi connectivity index (χ0) is 20.9. The number of rotatable bonds is 6. The second kappa shape index (κ2) is 9.58. The number of fused-ring (bicyclic) bond motifs is 1. The van der Waals surface area contributed by atoms with Crippen molar-refractivity contribution in [3.8, 4) is 11.5 Å². The number of piperazine rings is 1. The monoisotopic (exact) mass is 429 g/mol. The molecule has 0 saturated carbocycles. The largest absolute Gasteiger partial charge is 0.497 e. The van der Waals surface area contributed by atoms with Crippen LogP contribution in [0.1, 0.15) is 5.56 Å². The Bertz CT molecular complexity index is 884. The molecule has 160 valence electrons. The predicted octanol–water partition coefficient (Wildman–Crippen LogP) is 2.84. The van der Waals surface area contributed by atoms with E-state index < -0.39 is 0 Å². The molecule has 1 saturated heterocycles. The molecule has 2 aliphatic heterocycles. The number of halogens is 1. The highest BCUT2D eigenvalue weighted by atomic mass is 35.5. The summed E-state index contributed by atoms with van der Waals surface area (Å²) in [5.41, 5.74) is 2.20. The van der Waals surface area contributed by atoms with E-state index in [0.29, 0.717) is 19.6 Å². The number of methoxy groups -OCH3 is 1. The number of benzene rings is 2. The van der Waals surface area contributed by atoms with Crippen molar-refractivity contribution in [2.45, 2.75) is 6.42 Å². The first kappa shape index (κ1) is 20.8. The fourth-order valence-electron chi connectivity index (χ4n) is 4.05. The van der Waals surface area contributed by atoms with Gasteiger partial charge in [0.05, 0.1) is 13.0 Å². The average Bonchev–Trinajstić information content (AvgIpc) is 2.78. The zero-order valence-electron chi connectivity index (χ0n) is 17.3. The Balaban J connectivity index is 1.20. The SMILES string of the molecule is COc1ccc2c(c1)C[C@H](C(=O)NCCN1CCN(c3cccc(Cl)c3)CC1)CO2. The van der Waals surface area contributed by atoms with Crippen LogP contribution in [0.25, 0.3) is 0 Å². The molecule has 6 nitrogen and oxygen atoms in total. The molecule has 0 spiro atoms. The lowest BCUT2D eigenvalue weighted by molar-refractivity contribution is -0.126. The highest BCUT2D eigenvalue weighted by Gasteiger charge is 2.26. The first-order valence-electron chi connectivity index (χ1n) is 10.4. The van der Waals surface area contributed by atoms with Crippen LogP contribution < -0.4 is 19.7 Å². The van der Waals surface area contributed by atoms with Crippen molar-refractivity contribution in [2.24, 2.45) is 5.92 Å². The zero-order valence-corrected chi connectivity index (χ0v) is 18.0. The van der Waals surface area contributed by atoms with Crippen LogP contribution in [0.4, 0.5) is 5.69 Å². The van der Waals surface area contributed by atoms with Crippen LogP contribution in [0.2, 0.25) is 5.02 Å². The molecular formula is C23H28ClN3O3. The van der Waals surface area contributed by atoms with Gasteiger partial charge in [0.1, 0.15) is 18.1 Å². The number of nitrogens with zero attached hydrogens (tertiary/aromatic N) is 2. The summed E-state index contributed by atoms with van der Waals surface area (Å²) in [5.74, 6) is 1.53. The van der Waals surface area contributed by atoms with Gasteiger partial charge in [-0.15, -0.1) is 0 Å². The molecule has 0 aromatic heterocycles. The summed E-state index contributed by atoms with van der Waals surface area (Å²) in [5, 5.41) is 3.86. The van der Waals surface area contributed by atoms with E-state index in [9.17, 15) is 4.79 Å². The Hall–Kier alpha value is -2.44. The van der Waals surface area contributed by atoms with Gasteiger partial charge in [-0.25, -0.2) is 0 Å². The van der Waals surface area contributed by atoms with Gasteiger partial charge in [0.25, 0.3) is 0 Å². The number of hydrogen-bond acceptors (Lipinski definition) is 5. The maximum absolute atomic E-state index is 12.6. The summed E-state index contributed by atoms with van der Waals surface area (Å²) >= 11 is 6.11. The van der Waals surface area contributed by atoms with Gasteiger partial charge < -0.3 is 19.7 Å².